The smallest absolute Gasteiger partial charge is 0.156 e. The SMILES string of the molecule is CC1(O)CCC2C(CCC3C2CCC2(C)C(C(=O)Cn4ccnc4)CCC32)C1. The lowest BCUT2D eigenvalue weighted by Gasteiger charge is -2.56. The molecule has 4 nitrogen and oxygen atoms in total. The summed E-state index contributed by atoms with van der Waals surface area (Å²) in [7, 11) is 0. The molecule has 5 rings (SSSR count). The van der Waals surface area contributed by atoms with E-state index in [4.69, 9.17) is 0 Å². The minimum atomic E-state index is -0.435. The van der Waals surface area contributed by atoms with E-state index in [1.54, 1.807) is 12.5 Å². The van der Waals surface area contributed by atoms with Gasteiger partial charge in [0.2, 0.25) is 0 Å². The van der Waals surface area contributed by atoms with Crippen molar-refractivity contribution in [1.29, 1.82) is 0 Å². The van der Waals surface area contributed by atoms with Crippen LogP contribution in [0.5, 0.6) is 0 Å². The average molecular weight is 385 g/mol. The molecule has 8 unspecified atom stereocenters. The van der Waals surface area contributed by atoms with Crippen molar-refractivity contribution < 1.29 is 9.90 Å². The van der Waals surface area contributed by atoms with Gasteiger partial charge >= 0.3 is 0 Å². The summed E-state index contributed by atoms with van der Waals surface area (Å²) >= 11 is 0. The summed E-state index contributed by atoms with van der Waals surface area (Å²) in [5, 5.41) is 10.6. The molecule has 1 aromatic heterocycles. The van der Waals surface area contributed by atoms with Gasteiger partial charge in [-0.15, -0.1) is 0 Å². The second kappa shape index (κ2) is 6.68. The van der Waals surface area contributed by atoms with Crippen molar-refractivity contribution in [2.75, 3.05) is 0 Å². The first-order chi connectivity index (χ1) is 13.4. The molecular weight excluding hydrogens is 348 g/mol. The Bertz CT molecular complexity index is 727. The number of aromatic nitrogens is 2. The van der Waals surface area contributed by atoms with E-state index >= 15 is 0 Å². The molecule has 8 atom stereocenters. The molecule has 0 spiro atoms. The highest BCUT2D eigenvalue weighted by Crippen LogP contribution is 2.64. The van der Waals surface area contributed by atoms with Crippen LogP contribution in [-0.2, 0) is 11.3 Å². The molecule has 0 saturated heterocycles. The van der Waals surface area contributed by atoms with E-state index in [9.17, 15) is 9.90 Å². The van der Waals surface area contributed by atoms with E-state index in [2.05, 4.69) is 11.9 Å². The number of imidazole rings is 1. The zero-order valence-corrected chi connectivity index (χ0v) is 17.5. The normalized spacial score (nSPS) is 47.8. The van der Waals surface area contributed by atoms with E-state index < -0.39 is 5.60 Å². The summed E-state index contributed by atoms with van der Waals surface area (Å²) in [5.74, 6) is 4.59. The number of fused-ring (bicyclic) bond motifs is 5. The van der Waals surface area contributed by atoms with Gasteiger partial charge in [0, 0.05) is 18.3 Å². The van der Waals surface area contributed by atoms with Gasteiger partial charge in [-0.2, -0.15) is 0 Å². The minimum Gasteiger partial charge on any atom is -0.390 e. The number of nitrogens with zero attached hydrogens (tertiary/aromatic N) is 2. The second-order valence-electron chi connectivity index (χ2n) is 11.1. The fraction of sp³-hybridized carbons (Fsp3) is 0.833. The van der Waals surface area contributed by atoms with E-state index in [0.717, 1.165) is 48.9 Å². The molecule has 0 radical (unpaired) electrons. The Morgan fingerprint density at radius 1 is 1.07 bits per heavy atom. The maximum Gasteiger partial charge on any atom is 0.156 e. The molecule has 1 heterocycles. The molecule has 0 bridgehead atoms. The van der Waals surface area contributed by atoms with Gasteiger partial charge in [-0.05, 0) is 99.7 Å². The number of hydrogen-bond acceptors (Lipinski definition) is 3. The minimum absolute atomic E-state index is 0.200. The third-order valence-corrected chi connectivity index (χ3v) is 9.52. The molecule has 4 aliphatic carbocycles. The summed E-state index contributed by atoms with van der Waals surface area (Å²) in [6.45, 7) is 4.97. The van der Waals surface area contributed by atoms with Gasteiger partial charge < -0.3 is 9.67 Å². The Balaban J connectivity index is 1.32. The standard InChI is InChI=1S/C24H36N2O2/c1-23(28)9-7-17-16(13-23)3-4-19-18(17)8-10-24(2)20(19)5-6-21(24)22(27)14-26-12-11-25-15-26/h11-12,15-21,28H,3-10,13-14H2,1-2H3. The molecule has 4 saturated carbocycles. The summed E-state index contributed by atoms with van der Waals surface area (Å²) < 4.78 is 1.93. The Labute approximate surface area is 169 Å². The molecule has 0 aliphatic heterocycles. The van der Waals surface area contributed by atoms with Gasteiger partial charge in [0.25, 0.3) is 0 Å². The number of aliphatic hydroxyl groups is 1. The lowest BCUT2D eigenvalue weighted by atomic mass is 9.49. The molecule has 4 heteroatoms. The lowest BCUT2D eigenvalue weighted by molar-refractivity contribution is -0.132. The van der Waals surface area contributed by atoms with Crippen LogP contribution in [-0.4, -0.2) is 26.0 Å². The van der Waals surface area contributed by atoms with E-state index in [1.807, 2.05) is 17.7 Å². The average Bonchev–Trinajstić information content (AvgIpc) is 3.27. The Kier molecular flexibility index (Phi) is 4.50. The van der Waals surface area contributed by atoms with Crippen molar-refractivity contribution in [1.82, 2.24) is 9.55 Å². The molecule has 0 amide bonds. The highest BCUT2D eigenvalue weighted by atomic mass is 16.3. The fourth-order valence-electron chi connectivity index (χ4n) is 8.28. The van der Waals surface area contributed by atoms with Crippen LogP contribution >= 0.6 is 0 Å². The summed E-state index contributed by atoms with van der Waals surface area (Å²) in [6.07, 6.45) is 16.1. The predicted octanol–water partition coefficient (Wildman–Crippen LogP) is 4.47. The Morgan fingerprint density at radius 2 is 1.89 bits per heavy atom. The van der Waals surface area contributed by atoms with Gasteiger partial charge in [-0.3, -0.25) is 4.79 Å². The topological polar surface area (TPSA) is 55.1 Å². The molecule has 4 fully saturated rings. The summed E-state index contributed by atoms with van der Waals surface area (Å²) in [4.78, 5) is 17.3. The van der Waals surface area contributed by atoms with Gasteiger partial charge in [-0.1, -0.05) is 6.92 Å². The lowest BCUT2D eigenvalue weighted by Crippen LogP contribution is -2.51. The third-order valence-electron chi connectivity index (χ3n) is 9.52. The van der Waals surface area contributed by atoms with Crippen molar-refractivity contribution in [3.8, 4) is 0 Å². The van der Waals surface area contributed by atoms with Gasteiger partial charge in [0.1, 0.15) is 0 Å². The fourth-order valence-corrected chi connectivity index (χ4v) is 8.28. The monoisotopic (exact) mass is 384 g/mol. The number of ketones is 1. The number of carbonyl (C=O) groups is 1. The number of Topliss-reactive ketones (excluding diaryl/α,β-unsaturated/α-hetero) is 1. The predicted molar refractivity (Wildman–Crippen MR) is 108 cm³/mol. The quantitative estimate of drug-likeness (QED) is 0.836. The zero-order chi connectivity index (χ0) is 19.5. The number of hydrogen-bond donors (Lipinski definition) is 1. The van der Waals surface area contributed by atoms with Crippen molar-refractivity contribution >= 4 is 5.78 Å². The van der Waals surface area contributed by atoms with Crippen molar-refractivity contribution in [3.63, 3.8) is 0 Å². The van der Waals surface area contributed by atoms with Gasteiger partial charge in [0.15, 0.2) is 5.78 Å². The first-order valence-electron chi connectivity index (χ1n) is 11.6. The van der Waals surface area contributed by atoms with Gasteiger partial charge in [-0.25, -0.2) is 4.98 Å². The van der Waals surface area contributed by atoms with Crippen LogP contribution < -0.4 is 0 Å². The van der Waals surface area contributed by atoms with Crippen LogP contribution in [0, 0.1) is 40.9 Å². The van der Waals surface area contributed by atoms with Crippen LogP contribution in [0.25, 0.3) is 0 Å². The molecule has 4 aliphatic rings. The van der Waals surface area contributed by atoms with Crippen molar-refractivity contribution in [2.24, 2.45) is 40.9 Å². The molecule has 154 valence electrons. The second-order valence-corrected chi connectivity index (χ2v) is 11.1. The zero-order valence-electron chi connectivity index (χ0n) is 17.5. The maximum atomic E-state index is 13.2. The largest absolute Gasteiger partial charge is 0.390 e. The first-order valence-corrected chi connectivity index (χ1v) is 11.6. The Hall–Kier alpha value is -1.16. The number of rotatable bonds is 3. The molecule has 0 aromatic carbocycles. The van der Waals surface area contributed by atoms with Crippen LogP contribution in [0.15, 0.2) is 18.7 Å². The van der Waals surface area contributed by atoms with Crippen LogP contribution in [0.4, 0.5) is 0 Å². The summed E-state index contributed by atoms with van der Waals surface area (Å²) in [5.41, 5.74) is -0.235. The highest BCUT2D eigenvalue weighted by Gasteiger charge is 2.58. The summed E-state index contributed by atoms with van der Waals surface area (Å²) in [6, 6.07) is 0. The van der Waals surface area contributed by atoms with E-state index in [-0.39, 0.29) is 11.3 Å². The van der Waals surface area contributed by atoms with E-state index in [0.29, 0.717) is 12.3 Å². The molecular formula is C24H36N2O2. The van der Waals surface area contributed by atoms with Gasteiger partial charge in [0.05, 0.1) is 18.5 Å². The van der Waals surface area contributed by atoms with Crippen LogP contribution in [0.2, 0.25) is 0 Å². The third kappa shape index (κ3) is 2.98. The molecule has 1 N–H and O–H groups in total. The van der Waals surface area contributed by atoms with E-state index in [1.165, 1.54) is 38.5 Å². The Morgan fingerprint density at radius 3 is 2.68 bits per heavy atom. The molecule has 1 aromatic rings. The highest BCUT2D eigenvalue weighted by molar-refractivity contribution is 5.82. The maximum absolute atomic E-state index is 13.2. The molecule has 28 heavy (non-hydrogen) atoms. The van der Waals surface area contributed by atoms with Crippen molar-refractivity contribution in [2.45, 2.75) is 83.8 Å². The van der Waals surface area contributed by atoms with Crippen molar-refractivity contribution in [3.05, 3.63) is 18.7 Å². The van der Waals surface area contributed by atoms with Crippen LogP contribution in [0.1, 0.15) is 71.6 Å². The number of carbonyl (C=O) groups excluding carboxylic acids is 1. The first kappa shape index (κ1) is 18.8. The van der Waals surface area contributed by atoms with Crippen LogP contribution in [0.3, 0.4) is 0 Å².